The van der Waals surface area contributed by atoms with Crippen molar-refractivity contribution >= 4 is 11.9 Å². The smallest absolute Gasteiger partial charge is 0.303 e. The molecule has 0 aromatic rings. The van der Waals surface area contributed by atoms with E-state index >= 15 is 0 Å². The predicted molar refractivity (Wildman–Crippen MR) is 135 cm³/mol. The molecule has 0 spiro atoms. The number of carboxylic acid groups (broad SMARTS) is 2. The van der Waals surface area contributed by atoms with Crippen LogP contribution in [0.5, 0.6) is 0 Å². The van der Waals surface area contributed by atoms with Gasteiger partial charge in [-0.05, 0) is 18.8 Å². The highest BCUT2D eigenvalue weighted by Gasteiger charge is 2.09. The second kappa shape index (κ2) is 24.6. The molecule has 0 aromatic heterocycles. The molecule has 4 nitrogen and oxygen atoms in total. The number of hydrogen-bond acceptors (Lipinski definition) is 2. The van der Waals surface area contributed by atoms with E-state index in [1.54, 1.807) is 0 Å². The Balaban J connectivity index is 3.80. The first-order valence-electron chi connectivity index (χ1n) is 14.0. The van der Waals surface area contributed by atoms with Crippen LogP contribution in [0.3, 0.4) is 0 Å². The van der Waals surface area contributed by atoms with Crippen molar-refractivity contribution in [1.29, 1.82) is 0 Å². The Morgan fingerprint density at radius 3 is 1.06 bits per heavy atom. The fraction of sp³-hybridized carbons (Fsp3) is 0.929. The van der Waals surface area contributed by atoms with E-state index in [2.05, 4.69) is 6.92 Å². The molecule has 0 bridgehead atoms. The lowest BCUT2D eigenvalue weighted by Gasteiger charge is -2.17. The van der Waals surface area contributed by atoms with Gasteiger partial charge in [0.15, 0.2) is 0 Å². The maximum Gasteiger partial charge on any atom is 0.303 e. The number of hydrogen-bond donors (Lipinski definition) is 2. The predicted octanol–water partition coefficient (Wildman–Crippen LogP) is 9.15. The number of aliphatic carboxylic acids is 2. The van der Waals surface area contributed by atoms with E-state index in [0.717, 1.165) is 31.6 Å². The summed E-state index contributed by atoms with van der Waals surface area (Å²) in [4.78, 5) is 21.1. The Kier molecular flexibility index (Phi) is 23.8. The lowest BCUT2D eigenvalue weighted by atomic mass is 9.89. The molecule has 0 amide bonds. The molecule has 0 heterocycles. The molecule has 0 aromatic carbocycles. The lowest BCUT2D eigenvalue weighted by molar-refractivity contribution is -0.138. The molecule has 32 heavy (non-hydrogen) atoms. The molecule has 0 radical (unpaired) electrons. The second-order valence-corrected chi connectivity index (χ2v) is 9.88. The molecule has 0 saturated carbocycles. The van der Waals surface area contributed by atoms with Crippen molar-refractivity contribution in [3.8, 4) is 0 Å². The van der Waals surface area contributed by atoms with Crippen LogP contribution in [0.2, 0.25) is 0 Å². The molecular weight excluding hydrogens is 400 g/mol. The Hall–Kier alpha value is -1.06. The SMILES string of the molecule is CCCCCCCC(CCCCCCCCCC(=O)O)CCCCCCCCCC(=O)O. The van der Waals surface area contributed by atoms with Gasteiger partial charge in [-0.1, -0.05) is 135 Å². The van der Waals surface area contributed by atoms with Gasteiger partial charge in [0, 0.05) is 12.8 Å². The maximum atomic E-state index is 10.5. The van der Waals surface area contributed by atoms with Crippen molar-refractivity contribution < 1.29 is 19.8 Å². The zero-order valence-corrected chi connectivity index (χ0v) is 21.3. The molecule has 0 aliphatic heterocycles. The van der Waals surface area contributed by atoms with E-state index in [0.29, 0.717) is 12.8 Å². The summed E-state index contributed by atoms with van der Waals surface area (Å²) in [6.45, 7) is 2.28. The van der Waals surface area contributed by atoms with E-state index in [-0.39, 0.29) is 0 Å². The fourth-order valence-electron chi connectivity index (χ4n) is 4.66. The molecule has 190 valence electrons. The van der Waals surface area contributed by atoms with Crippen molar-refractivity contribution in [1.82, 2.24) is 0 Å². The molecule has 0 atom stereocenters. The molecule has 0 fully saturated rings. The first kappa shape index (κ1) is 30.9. The number of unbranched alkanes of at least 4 members (excludes halogenated alkanes) is 16. The fourth-order valence-corrected chi connectivity index (χ4v) is 4.66. The first-order valence-corrected chi connectivity index (χ1v) is 14.0. The quantitative estimate of drug-likeness (QED) is 0.128. The average Bonchev–Trinajstić information content (AvgIpc) is 2.75. The summed E-state index contributed by atoms with van der Waals surface area (Å²) < 4.78 is 0. The number of carboxylic acids is 2. The van der Waals surface area contributed by atoms with Crippen molar-refractivity contribution in [3.05, 3.63) is 0 Å². The van der Waals surface area contributed by atoms with E-state index in [1.807, 2.05) is 0 Å². The van der Waals surface area contributed by atoms with Gasteiger partial charge in [-0.2, -0.15) is 0 Å². The summed E-state index contributed by atoms with van der Waals surface area (Å²) in [5.41, 5.74) is 0. The molecule has 0 unspecified atom stereocenters. The zero-order chi connectivity index (χ0) is 23.7. The molecule has 0 aliphatic carbocycles. The largest absolute Gasteiger partial charge is 0.481 e. The van der Waals surface area contributed by atoms with Gasteiger partial charge in [0.2, 0.25) is 0 Å². The Labute approximate surface area is 199 Å². The maximum absolute atomic E-state index is 10.5. The molecule has 0 saturated heterocycles. The minimum atomic E-state index is -0.665. The highest BCUT2D eigenvalue weighted by atomic mass is 16.4. The van der Waals surface area contributed by atoms with Gasteiger partial charge in [0.25, 0.3) is 0 Å². The van der Waals surface area contributed by atoms with E-state index in [1.165, 1.54) is 116 Å². The minimum absolute atomic E-state index is 0.324. The number of carbonyl (C=O) groups is 2. The van der Waals surface area contributed by atoms with Gasteiger partial charge in [0.05, 0.1) is 0 Å². The van der Waals surface area contributed by atoms with Crippen LogP contribution < -0.4 is 0 Å². The summed E-state index contributed by atoms with van der Waals surface area (Å²) in [6, 6.07) is 0. The highest BCUT2D eigenvalue weighted by Crippen LogP contribution is 2.25. The molecule has 4 heteroatoms. The first-order chi connectivity index (χ1) is 15.6. The van der Waals surface area contributed by atoms with Crippen LogP contribution in [0.1, 0.15) is 161 Å². The minimum Gasteiger partial charge on any atom is -0.481 e. The number of rotatable bonds is 26. The van der Waals surface area contributed by atoms with Gasteiger partial charge < -0.3 is 10.2 Å². The van der Waals surface area contributed by atoms with Gasteiger partial charge in [-0.15, -0.1) is 0 Å². The molecule has 0 rings (SSSR count). The summed E-state index contributed by atoms with van der Waals surface area (Å²) in [7, 11) is 0. The van der Waals surface area contributed by atoms with Crippen LogP contribution in [-0.2, 0) is 9.59 Å². The van der Waals surface area contributed by atoms with Gasteiger partial charge in [-0.25, -0.2) is 0 Å². The van der Waals surface area contributed by atoms with Crippen LogP contribution in [0.15, 0.2) is 0 Å². The van der Waals surface area contributed by atoms with Crippen molar-refractivity contribution in [2.24, 2.45) is 5.92 Å². The van der Waals surface area contributed by atoms with Crippen molar-refractivity contribution in [2.75, 3.05) is 0 Å². The van der Waals surface area contributed by atoms with Gasteiger partial charge in [0.1, 0.15) is 0 Å². The third-order valence-corrected chi connectivity index (χ3v) is 6.72. The normalized spacial score (nSPS) is 11.3. The summed E-state index contributed by atoms with van der Waals surface area (Å²) in [5, 5.41) is 17.4. The Morgan fingerprint density at radius 2 is 0.750 bits per heavy atom. The standard InChI is InChI=1S/C28H54O4/c1-2-3-4-11-16-21-26(22-17-12-7-5-9-14-19-24-27(29)30)23-18-13-8-6-10-15-20-25-28(31)32/h26H,2-25H2,1H3,(H,29,30)(H,31,32). The van der Waals surface area contributed by atoms with Gasteiger partial charge in [-0.3, -0.25) is 9.59 Å². The summed E-state index contributed by atoms with van der Waals surface area (Å²) >= 11 is 0. The highest BCUT2D eigenvalue weighted by molar-refractivity contribution is 5.66. The summed E-state index contributed by atoms with van der Waals surface area (Å²) in [5.74, 6) is -0.425. The Morgan fingerprint density at radius 1 is 0.469 bits per heavy atom. The van der Waals surface area contributed by atoms with Crippen LogP contribution in [0.25, 0.3) is 0 Å². The summed E-state index contributed by atoms with van der Waals surface area (Å²) in [6.07, 6.45) is 28.4. The molecule has 0 aliphatic rings. The monoisotopic (exact) mass is 454 g/mol. The van der Waals surface area contributed by atoms with Gasteiger partial charge >= 0.3 is 11.9 Å². The average molecular weight is 455 g/mol. The van der Waals surface area contributed by atoms with Crippen LogP contribution >= 0.6 is 0 Å². The third kappa shape index (κ3) is 25.2. The Bertz CT molecular complexity index is 390. The van der Waals surface area contributed by atoms with E-state index in [4.69, 9.17) is 10.2 Å². The zero-order valence-electron chi connectivity index (χ0n) is 21.3. The topological polar surface area (TPSA) is 74.6 Å². The third-order valence-electron chi connectivity index (χ3n) is 6.72. The molecular formula is C28H54O4. The van der Waals surface area contributed by atoms with Crippen LogP contribution in [-0.4, -0.2) is 22.2 Å². The van der Waals surface area contributed by atoms with Crippen molar-refractivity contribution in [3.63, 3.8) is 0 Å². The van der Waals surface area contributed by atoms with E-state index < -0.39 is 11.9 Å². The van der Waals surface area contributed by atoms with Crippen molar-refractivity contribution in [2.45, 2.75) is 161 Å². The van der Waals surface area contributed by atoms with E-state index in [9.17, 15) is 9.59 Å². The lowest BCUT2D eigenvalue weighted by Crippen LogP contribution is -2.01. The second-order valence-electron chi connectivity index (χ2n) is 9.88. The van der Waals surface area contributed by atoms with Crippen LogP contribution in [0.4, 0.5) is 0 Å². The molecule has 2 N–H and O–H groups in total. The van der Waals surface area contributed by atoms with Crippen LogP contribution in [0, 0.1) is 5.92 Å².